The van der Waals surface area contributed by atoms with Gasteiger partial charge in [0.15, 0.2) is 0 Å². The minimum absolute atomic E-state index is 0.00607. The zero-order valence-corrected chi connectivity index (χ0v) is 19.2. The van der Waals surface area contributed by atoms with E-state index in [4.69, 9.17) is 0 Å². The van der Waals surface area contributed by atoms with Gasteiger partial charge in [0.2, 0.25) is 5.91 Å². The van der Waals surface area contributed by atoms with E-state index in [1.807, 2.05) is 61.5 Å². The van der Waals surface area contributed by atoms with Crippen molar-refractivity contribution in [2.24, 2.45) is 10.8 Å². The summed E-state index contributed by atoms with van der Waals surface area (Å²) in [5, 5.41) is 3.01. The van der Waals surface area contributed by atoms with Gasteiger partial charge in [-0.05, 0) is 60.3 Å². The van der Waals surface area contributed by atoms with Crippen molar-refractivity contribution < 1.29 is 9.59 Å². The third kappa shape index (κ3) is 4.68. The average Bonchev–Trinajstić information content (AvgIpc) is 3.00. The zero-order chi connectivity index (χ0) is 22.2. The Morgan fingerprint density at radius 1 is 1.03 bits per heavy atom. The summed E-state index contributed by atoms with van der Waals surface area (Å²) in [5.41, 5.74) is 3.28. The lowest BCUT2D eigenvalue weighted by atomic mass is 9.65. The molecule has 2 aliphatic rings. The number of nitrogens with zero attached hydrogens (tertiary/aromatic N) is 1. The first-order chi connectivity index (χ1) is 14.7. The van der Waals surface area contributed by atoms with Gasteiger partial charge in [-0.1, -0.05) is 63.2 Å². The second-order valence-corrected chi connectivity index (χ2v) is 10.7. The molecule has 2 aromatic rings. The highest BCUT2D eigenvalue weighted by molar-refractivity contribution is 5.94. The van der Waals surface area contributed by atoms with Crippen molar-refractivity contribution in [3.05, 3.63) is 71.3 Å². The SMILES string of the molecule is CC(C(=O)NCc1ccc(C(=O)N2CC3(C)CC2CC(C)(C)C3)cc1)c1ccccc1. The van der Waals surface area contributed by atoms with E-state index < -0.39 is 0 Å². The molecule has 3 atom stereocenters. The standard InChI is InChI=1S/C27H34N2O2/c1-19(21-8-6-5-7-9-21)24(30)28-16-20-10-12-22(13-11-20)25(31)29-18-27(4)15-23(29)14-26(2,3)17-27/h5-13,19,23H,14-18H2,1-4H3,(H,28,30). The van der Waals surface area contributed by atoms with E-state index in [0.29, 0.717) is 18.0 Å². The number of likely N-dealkylation sites (tertiary alicyclic amines) is 1. The highest BCUT2D eigenvalue weighted by Crippen LogP contribution is 2.52. The molecule has 0 aromatic heterocycles. The van der Waals surface area contributed by atoms with Crippen LogP contribution in [0.25, 0.3) is 0 Å². The normalized spacial score (nSPS) is 25.2. The van der Waals surface area contributed by atoms with Crippen LogP contribution in [0.15, 0.2) is 54.6 Å². The maximum atomic E-state index is 13.2. The van der Waals surface area contributed by atoms with Crippen LogP contribution < -0.4 is 5.32 Å². The van der Waals surface area contributed by atoms with E-state index in [1.54, 1.807) is 0 Å². The lowest BCUT2D eigenvalue weighted by molar-refractivity contribution is -0.122. The maximum absolute atomic E-state index is 13.2. The fraction of sp³-hybridized carbons (Fsp3) is 0.481. The van der Waals surface area contributed by atoms with Gasteiger partial charge in [0.05, 0.1) is 5.92 Å². The fourth-order valence-electron chi connectivity index (χ4n) is 5.86. The molecule has 4 rings (SSSR count). The highest BCUT2D eigenvalue weighted by Gasteiger charge is 2.50. The predicted octanol–water partition coefficient (Wildman–Crippen LogP) is 5.15. The summed E-state index contributed by atoms with van der Waals surface area (Å²) in [6, 6.07) is 17.9. The number of carbonyl (C=O) groups excluding carboxylic acids is 2. The molecule has 2 aromatic carbocycles. The van der Waals surface area contributed by atoms with Crippen LogP contribution in [0.2, 0.25) is 0 Å². The van der Waals surface area contributed by atoms with Gasteiger partial charge in [0.1, 0.15) is 0 Å². The van der Waals surface area contributed by atoms with E-state index in [-0.39, 0.29) is 23.1 Å². The van der Waals surface area contributed by atoms with Crippen LogP contribution in [0.3, 0.4) is 0 Å². The summed E-state index contributed by atoms with van der Waals surface area (Å²) < 4.78 is 0. The zero-order valence-electron chi connectivity index (χ0n) is 19.2. The molecule has 4 heteroatoms. The number of benzene rings is 2. The number of rotatable bonds is 5. The molecule has 31 heavy (non-hydrogen) atoms. The molecule has 1 saturated heterocycles. The van der Waals surface area contributed by atoms with Gasteiger partial charge in [-0.2, -0.15) is 0 Å². The lowest BCUT2D eigenvalue weighted by Crippen LogP contribution is -2.37. The molecule has 1 N–H and O–H groups in total. The van der Waals surface area contributed by atoms with E-state index >= 15 is 0 Å². The second kappa shape index (κ2) is 8.14. The molecule has 1 aliphatic carbocycles. The van der Waals surface area contributed by atoms with E-state index in [0.717, 1.165) is 36.1 Å². The Labute approximate surface area is 186 Å². The quantitative estimate of drug-likeness (QED) is 0.730. The summed E-state index contributed by atoms with van der Waals surface area (Å²) in [6.07, 6.45) is 3.38. The Morgan fingerprint density at radius 3 is 2.39 bits per heavy atom. The largest absolute Gasteiger partial charge is 0.352 e. The lowest BCUT2D eigenvalue weighted by Gasteiger charge is -2.39. The molecule has 2 fully saturated rings. The third-order valence-corrected chi connectivity index (χ3v) is 7.04. The van der Waals surface area contributed by atoms with Gasteiger partial charge >= 0.3 is 0 Å². The summed E-state index contributed by atoms with van der Waals surface area (Å²) in [5.74, 6) is -0.0477. The molecule has 3 unspecified atom stereocenters. The van der Waals surface area contributed by atoms with E-state index in [9.17, 15) is 9.59 Å². The van der Waals surface area contributed by atoms with Gasteiger partial charge in [-0.3, -0.25) is 9.59 Å². The highest BCUT2D eigenvalue weighted by atomic mass is 16.2. The van der Waals surface area contributed by atoms with Gasteiger partial charge in [-0.15, -0.1) is 0 Å². The summed E-state index contributed by atoms with van der Waals surface area (Å²) in [7, 11) is 0. The first-order valence-corrected chi connectivity index (χ1v) is 11.4. The van der Waals surface area contributed by atoms with Crippen molar-refractivity contribution in [2.45, 2.75) is 65.5 Å². The maximum Gasteiger partial charge on any atom is 0.254 e. The minimum atomic E-state index is -0.192. The van der Waals surface area contributed by atoms with E-state index in [2.05, 4.69) is 31.0 Å². The van der Waals surface area contributed by atoms with Gasteiger partial charge in [-0.25, -0.2) is 0 Å². The molecular formula is C27H34N2O2. The van der Waals surface area contributed by atoms with E-state index in [1.165, 1.54) is 6.42 Å². The van der Waals surface area contributed by atoms with Crippen LogP contribution in [-0.2, 0) is 11.3 Å². The summed E-state index contributed by atoms with van der Waals surface area (Å²) in [6.45, 7) is 10.2. The first-order valence-electron chi connectivity index (χ1n) is 11.4. The van der Waals surface area contributed by atoms with Crippen LogP contribution in [0.5, 0.6) is 0 Å². The van der Waals surface area contributed by atoms with Crippen LogP contribution in [0, 0.1) is 10.8 Å². The average molecular weight is 419 g/mol. The number of fused-ring (bicyclic) bond motifs is 2. The first kappa shape index (κ1) is 21.6. The van der Waals surface area contributed by atoms with Crippen LogP contribution in [-0.4, -0.2) is 29.3 Å². The number of hydrogen-bond donors (Lipinski definition) is 1. The third-order valence-electron chi connectivity index (χ3n) is 7.04. The Morgan fingerprint density at radius 2 is 1.71 bits per heavy atom. The fourth-order valence-corrected chi connectivity index (χ4v) is 5.86. The molecule has 1 heterocycles. The number of carbonyl (C=O) groups is 2. The van der Waals surface area contributed by atoms with Gasteiger partial charge in [0, 0.05) is 24.7 Å². The van der Waals surface area contributed by atoms with Crippen LogP contribution in [0.1, 0.15) is 74.4 Å². The number of hydrogen-bond acceptors (Lipinski definition) is 2. The Hall–Kier alpha value is -2.62. The monoisotopic (exact) mass is 418 g/mol. The van der Waals surface area contributed by atoms with Gasteiger partial charge < -0.3 is 10.2 Å². The molecule has 0 radical (unpaired) electrons. The Bertz CT molecular complexity index is 951. The van der Waals surface area contributed by atoms with Crippen molar-refractivity contribution in [3.63, 3.8) is 0 Å². The predicted molar refractivity (Wildman–Crippen MR) is 124 cm³/mol. The molecule has 1 aliphatic heterocycles. The van der Waals surface area contributed by atoms with Crippen molar-refractivity contribution in [2.75, 3.05) is 6.54 Å². The topological polar surface area (TPSA) is 49.4 Å². The molecule has 164 valence electrons. The number of nitrogens with one attached hydrogen (secondary N) is 1. The van der Waals surface area contributed by atoms with Crippen molar-refractivity contribution in [3.8, 4) is 0 Å². The van der Waals surface area contributed by atoms with Crippen LogP contribution in [0.4, 0.5) is 0 Å². The van der Waals surface area contributed by atoms with Crippen LogP contribution >= 0.6 is 0 Å². The molecule has 1 saturated carbocycles. The minimum Gasteiger partial charge on any atom is -0.352 e. The van der Waals surface area contributed by atoms with Gasteiger partial charge in [0.25, 0.3) is 5.91 Å². The summed E-state index contributed by atoms with van der Waals surface area (Å²) >= 11 is 0. The molecule has 2 bridgehead atoms. The molecular weight excluding hydrogens is 384 g/mol. The molecule has 4 nitrogen and oxygen atoms in total. The Balaban J connectivity index is 1.36. The Kier molecular flexibility index (Phi) is 5.67. The molecule has 0 spiro atoms. The smallest absolute Gasteiger partial charge is 0.254 e. The van der Waals surface area contributed by atoms with Crippen molar-refractivity contribution in [1.29, 1.82) is 0 Å². The second-order valence-electron chi connectivity index (χ2n) is 10.7. The van der Waals surface area contributed by atoms with Crippen molar-refractivity contribution in [1.82, 2.24) is 10.2 Å². The summed E-state index contributed by atoms with van der Waals surface area (Å²) in [4.78, 5) is 27.8. The molecule has 2 amide bonds. The van der Waals surface area contributed by atoms with Crippen molar-refractivity contribution >= 4 is 11.8 Å². The number of amides is 2.